The number of aryl methyl sites for hydroxylation is 1. The Bertz CT molecular complexity index is 890. The van der Waals surface area contributed by atoms with E-state index in [-0.39, 0.29) is 17.0 Å². The van der Waals surface area contributed by atoms with Crippen molar-refractivity contribution in [2.75, 3.05) is 0 Å². The van der Waals surface area contributed by atoms with E-state index in [1.807, 2.05) is 6.92 Å². The fourth-order valence-electron chi connectivity index (χ4n) is 2.25. The fraction of sp³-hybridized carbons (Fsp3) is 0.133. The minimum absolute atomic E-state index is 0.0713. The van der Waals surface area contributed by atoms with E-state index < -0.39 is 0 Å². The molecule has 0 bridgehead atoms. The second-order valence-electron chi connectivity index (χ2n) is 4.52. The number of aromatic nitrogens is 3. The molecule has 0 radical (unpaired) electrons. The van der Waals surface area contributed by atoms with Crippen LogP contribution in [0.2, 0.25) is 5.02 Å². The Labute approximate surface area is 125 Å². The predicted molar refractivity (Wildman–Crippen MR) is 81.6 cm³/mol. The number of aromatic hydroxyl groups is 1. The number of fused-ring (bicyclic) bond motifs is 1. The summed E-state index contributed by atoms with van der Waals surface area (Å²) in [6.45, 7) is 2.33. The Balaban J connectivity index is 2.38. The summed E-state index contributed by atoms with van der Waals surface area (Å²) in [4.78, 5) is 21.1. The molecule has 21 heavy (non-hydrogen) atoms. The molecule has 0 unspecified atom stereocenters. The van der Waals surface area contributed by atoms with Gasteiger partial charge in [-0.2, -0.15) is 0 Å². The van der Waals surface area contributed by atoms with Crippen molar-refractivity contribution < 1.29 is 5.11 Å². The monoisotopic (exact) mass is 301 g/mol. The number of halogens is 1. The average molecular weight is 302 g/mol. The molecule has 0 spiro atoms. The lowest BCUT2D eigenvalue weighted by molar-refractivity contribution is 0.477. The first-order valence-corrected chi connectivity index (χ1v) is 6.84. The number of rotatable bonds is 2. The summed E-state index contributed by atoms with van der Waals surface area (Å²) in [5.74, 6) is -0.0713. The maximum atomic E-state index is 12.6. The molecule has 6 heteroatoms. The maximum Gasteiger partial charge on any atom is 0.278 e. The van der Waals surface area contributed by atoms with Gasteiger partial charge < -0.3 is 5.11 Å². The second kappa shape index (κ2) is 5.18. The van der Waals surface area contributed by atoms with Crippen LogP contribution in [-0.4, -0.2) is 19.6 Å². The first-order chi connectivity index (χ1) is 10.1. The zero-order chi connectivity index (χ0) is 15.0. The minimum Gasteiger partial charge on any atom is -0.507 e. The predicted octanol–water partition coefficient (Wildman–Crippen LogP) is 2.84. The lowest BCUT2D eigenvalue weighted by atomic mass is 10.1. The van der Waals surface area contributed by atoms with Crippen LogP contribution in [0.3, 0.4) is 0 Å². The number of nitrogens with zero attached hydrogens (tertiary/aromatic N) is 3. The van der Waals surface area contributed by atoms with Gasteiger partial charge in [0.2, 0.25) is 0 Å². The SMILES string of the molecule is CCn1c(=O)c(-c2ccc(Cl)cc2O)nc2cccnc21. The van der Waals surface area contributed by atoms with Crippen molar-refractivity contribution in [3.05, 3.63) is 51.9 Å². The van der Waals surface area contributed by atoms with Crippen LogP contribution in [0.5, 0.6) is 5.75 Å². The number of pyridine rings is 1. The Kier molecular flexibility index (Phi) is 3.35. The van der Waals surface area contributed by atoms with Crippen LogP contribution in [0.25, 0.3) is 22.4 Å². The van der Waals surface area contributed by atoms with Crippen molar-refractivity contribution in [2.24, 2.45) is 0 Å². The molecule has 0 aliphatic carbocycles. The molecule has 1 aromatic carbocycles. The van der Waals surface area contributed by atoms with Crippen LogP contribution in [0, 0.1) is 0 Å². The van der Waals surface area contributed by atoms with Gasteiger partial charge in [0.15, 0.2) is 5.65 Å². The third-order valence-electron chi connectivity index (χ3n) is 3.23. The Hall–Kier alpha value is -2.40. The highest BCUT2D eigenvalue weighted by Gasteiger charge is 2.15. The van der Waals surface area contributed by atoms with E-state index in [9.17, 15) is 9.90 Å². The van der Waals surface area contributed by atoms with E-state index in [4.69, 9.17) is 11.6 Å². The molecule has 2 aromatic heterocycles. The number of benzene rings is 1. The number of phenolic OH excluding ortho intramolecular Hbond substituents is 1. The van der Waals surface area contributed by atoms with Crippen molar-refractivity contribution in [3.8, 4) is 17.0 Å². The summed E-state index contributed by atoms with van der Waals surface area (Å²) < 4.78 is 1.53. The van der Waals surface area contributed by atoms with Gasteiger partial charge in [-0.1, -0.05) is 11.6 Å². The van der Waals surface area contributed by atoms with Gasteiger partial charge in [-0.05, 0) is 37.3 Å². The van der Waals surface area contributed by atoms with E-state index in [0.717, 1.165) is 0 Å². The Morgan fingerprint density at radius 1 is 1.33 bits per heavy atom. The van der Waals surface area contributed by atoms with Gasteiger partial charge in [-0.3, -0.25) is 9.36 Å². The zero-order valence-corrected chi connectivity index (χ0v) is 12.0. The molecule has 0 atom stereocenters. The summed E-state index contributed by atoms with van der Waals surface area (Å²) in [6.07, 6.45) is 1.62. The van der Waals surface area contributed by atoms with Gasteiger partial charge in [0.05, 0.1) is 0 Å². The summed E-state index contributed by atoms with van der Waals surface area (Å²) in [7, 11) is 0. The number of hydrogen-bond acceptors (Lipinski definition) is 4. The molecule has 3 aromatic rings. The minimum atomic E-state index is -0.290. The van der Waals surface area contributed by atoms with Gasteiger partial charge in [-0.25, -0.2) is 9.97 Å². The number of hydrogen-bond donors (Lipinski definition) is 1. The average Bonchev–Trinajstić information content (AvgIpc) is 2.47. The highest BCUT2D eigenvalue weighted by atomic mass is 35.5. The molecule has 0 saturated heterocycles. The van der Waals surface area contributed by atoms with Gasteiger partial charge in [-0.15, -0.1) is 0 Å². The molecule has 0 fully saturated rings. The molecule has 2 heterocycles. The first kappa shape index (κ1) is 13.6. The lowest BCUT2D eigenvalue weighted by Gasteiger charge is -2.10. The molecule has 0 aliphatic heterocycles. The van der Waals surface area contributed by atoms with Crippen LogP contribution >= 0.6 is 11.6 Å². The summed E-state index contributed by atoms with van der Waals surface area (Å²) in [5.41, 5.74) is 1.38. The van der Waals surface area contributed by atoms with E-state index in [2.05, 4.69) is 9.97 Å². The van der Waals surface area contributed by atoms with E-state index in [0.29, 0.717) is 28.3 Å². The molecule has 106 valence electrons. The van der Waals surface area contributed by atoms with Crippen LogP contribution in [-0.2, 0) is 6.54 Å². The van der Waals surface area contributed by atoms with E-state index >= 15 is 0 Å². The van der Waals surface area contributed by atoms with Crippen molar-refractivity contribution in [1.29, 1.82) is 0 Å². The Morgan fingerprint density at radius 2 is 2.14 bits per heavy atom. The smallest absolute Gasteiger partial charge is 0.278 e. The summed E-state index contributed by atoms with van der Waals surface area (Å²) in [5, 5.41) is 10.4. The van der Waals surface area contributed by atoms with Crippen molar-refractivity contribution in [1.82, 2.24) is 14.5 Å². The van der Waals surface area contributed by atoms with Crippen molar-refractivity contribution >= 4 is 22.8 Å². The lowest BCUT2D eigenvalue weighted by Crippen LogP contribution is -2.23. The Morgan fingerprint density at radius 3 is 2.86 bits per heavy atom. The number of phenols is 1. The van der Waals surface area contributed by atoms with Gasteiger partial charge in [0, 0.05) is 23.3 Å². The van der Waals surface area contributed by atoms with Crippen LogP contribution in [0.15, 0.2) is 41.3 Å². The highest BCUT2D eigenvalue weighted by molar-refractivity contribution is 6.30. The normalized spacial score (nSPS) is 11.0. The fourth-order valence-corrected chi connectivity index (χ4v) is 2.42. The van der Waals surface area contributed by atoms with E-state index in [1.54, 1.807) is 30.5 Å². The van der Waals surface area contributed by atoms with Crippen molar-refractivity contribution in [2.45, 2.75) is 13.5 Å². The molecular weight excluding hydrogens is 290 g/mol. The van der Waals surface area contributed by atoms with Crippen LogP contribution in [0.1, 0.15) is 6.92 Å². The molecule has 0 amide bonds. The van der Waals surface area contributed by atoms with Crippen molar-refractivity contribution in [3.63, 3.8) is 0 Å². The molecular formula is C15H12ClN3O2. The van der Waals surface area contributed by atoms with Gasteiger partial charge in [0.25, 0.3) is 5.56 Å². The standard InChI is InChI=1S/C15H12ClN3O2/c1-2-19-14-11(4-3-7-17-14)18-13(15(19)21)10-6-5-9(16)8-12(10)20/h3-8,20H,2H2,1H3. The van der Waals surface area contributed by atoms with Gasteiger partial charge >= 0.3 is 0 Å². The summed E-state index contributed by atoms with van der Waals surface area (Å²) >= 11 is 5.82. The van der Waals surface area contributed by atoms with E-state index in [1.165, 1.54) is 10.6 Å². The van der Waals surface area contributed by atoms with Crippen LogP contribution in [0.4, 0.5) is 0 Å². The molecule has 0 aliphatic rings. The third kappa shape index (κ3) is 2.25. The quantitative estimate of drug-likeness (QED) is 0.790. The molecule has 3 rings (SSSR count). The third-order valence-corrected chi connectivity index (χ3v) is 3.47. The maximum absolute atomic E-state index is 12.6. The zero-order valence-electron chi connectivity index (χ0n) is 11.2. The molecule has 0 saturated carbocycles. The summed E-state index contributed by atoms with van der Waals surface area (Å²) in [6, 6.07) is 8.13. The van der Waals surface area contributed by atoms with Gasteiger partial charge in [0.1, 0.15) is 17.0 Å². The topological polar surface area (TPSA) is 68.0 Å². The molecule has 5 nitrogen and oxygen atoms in total. The first-order valence-electron chi connectivity index (χ1n) is 6.46. The highest BCUT2D eigenvalue weighted by Crippen LogP contribution is 2.29. The largest absolute Gasteiger partial charge is 0.507 e. The molecule has 1 N–H and O–H groups in total. The van der Waals surface area contributed by atoms with Crippen LogP contribution < -0.4 is 5.56 Å². The second-order valence-corrected chi connectivity index (χ2v) is 4.95.